The van der Waals surface area contributed by atoms with Gasteiger partial charge in [-0.3, -0.25) is 4.79 Å². The standard InChI is InChI=1S/C20H20ClFN4O.ClH/c1-4-26(5-2)20(27)15-11-23-19-14(8-6-12(3)24-19)18(15)25-17-9-7-13(21)10-16(17)22;/h6-11H,4-5H2,1-3H3,(H,23,24,25);1H. The van der Waals surface area contributed by atoms with Crippen LogP contribution >= 0.6 is 24.0 Å². The first-order valence-electron chi connectivity index (χ1n) is 8.72. The molecule has 0 unspecified atom stereocenters. The van der Waals surface area contributed by atoms with Crippen LogP contribution in [0.25, 0.3) is 11.0 Å². The summed E-state index contributed by atoms with van der Waals surface area (Å²) >= 11 is 5.84. The van der Waals surface area contributed by atoms with Crippen LogP contribution in [0, 0.1) is 12.7 Å². The summed E-state index contributed by atoms with van der Waals surface area (Å²) in [5.74, 6) is -0.680. The Balaban J connectivity index is 0.00000280. The molecule has 28 heavy (non-hydrogen) atoms. The van der Waals surface area contributed by atoms with Gasteiger partial charge in [0.1, 0.15) is 5.82 Å². The van der Waals surface area contributed by atoms with E-state index in [0.29, 0.717) is 40.4 Å². The molecule has 0 aliphatic carbocycles. The molecular formula is C20H21Cl2FN4O. The van der Waals surface area contributed by atoms with Gasteiger partial charge in [-0.15, -0.1) is 12.4 Å². The number of rotatable bonds is 5. The van der Waals surface area contributed by atoms with Crippen LogP contribution in [0.2, 0.25) is 5.02 Å². The van der Waals surface area contributed by atoms with Gasteiger partial charge in [-0.25, -0.2) is 14.4 Å². The van der Waals surface area contributed by atoms with E-state index in [9.17, 15) is 9.18 Å². The minimum absolute atomic E-state index is 0. The zero-order valence-corrected chi connectivity index (χ0v) is 17.4. The summed E-state index contributed by atoms with van der Waals surface area (Å²) < 4.78 is 14.4. The van der Waals surface area contributed by atoms with Gasteiger partial charge in [-0.05, 0) is 51.1 Å². The molecule has 1 amide bonds. The largest absolute Gasteiger partial charge is 0.352 e. The number of hydrogen-bond acceptors (Lipinski definition) is 4. The van der Waals surface area contributed by atoms with Crippen LogP contribution in [0.4, 0.5) is 15.8 Å². The lowest BCUT2D eigenvalue weighted by Gasteiger charge is -2.21. The molecule has 0 bridgehead atoms. The molecule has 8 heteroatoms. The van der Waals surface area contributed by atoms with E-state index in [0.717, 1.165) is 5.69 Å². The van der Waals surface area contributed by atoms with Crippen molar-refractivity contribution >= 4 is 52.3 Å². The average molecular weight is 423 g/mol. The lowest BCUT2D eigenvalue weighted by Crippen LogP contribution is -2.31. The summed E-state index contributed by atoms with van der Waals surface area (Å²) in [4.78, 5) is 23.4. The summed E-state index contributed by atoms with van der Waals surface area (Å²) in [6, 6.07) is 8.02. The second-order valence-electron chi connectivity index (χ2n) is 6.10. The topological polar surface area (TPSA) is 58.1 Å². The van der Waals surface area contributed by atoms with Gasteiger partial charge in [0.2, 0.25) is 0 Å². The normalized spacial score (nSPS) is 10.5. The molecule has 0 saturated heterocycles. The Kier molecular flexibility index (Phi) is 7.16. The Labute approximate surface area is 174 Å². The Morgan fingerprint density at radius 2 is 1.93 bits per heavy atom. The molecule has 1 aromatic carbocycles. The summed E-state index contributed by atoms with van der Waals surface area (Å²) in [6.07, 6.45) is 1.49. The maximum Gasteiger partial charge on any atom is 0.257 e. The third-order valence-corrected chi connectivity index (χ3v) is 4.58. The highest BCUT2D eigenvalue weighted by molar-refractivity contribution is 6.30. The molecule has 5 nitrogen and oxygen atoms in total. The molecule has 148 valence electrons. The molecule has 0 aliphatic rings. The summed E-state index contributed by atoms with van der Waals surface area (Å²) in [7, 11) is 0. The van der Waals surface area contributed by atoms with Crippen LogP contribution in [0.5, 0.6) is 0 Å². The Morgan fingerprint density at radius 1 is 1.21 bits per heavy atom. The second kappa shape index (κ2) is 9.17. The van der Waals surface area contributed by atoms with E-state index >= 15 is 0 Å². The molecule has 1 N–H and O–H groups in total. The van der Waals surface area contributed by atoms with E-state index in [-0.39, 0.29) is 24.0 Å². The number of fused-ring (bicyclic) bond motifs is 1. The average Bonchev–Trinajstić information content (AvgIpc) is 2.64. The minimum Gasteiger partial charge on any atom is -0.352 e. The van der Waals surface area contributed by atoms with Crippen LogP contribution in [-0.4, -0.2) is 33.9 Å². The van der Waals surface area contributed by atoms with Gasteiger partial charge < -0.3 is 10.2 Å². The number of amides is 1. The van der Waals surface area contributed by atoms with Crippen molar-refractivity contribution < 1.29 is 9.18 Å². The molecule has 2 heterocycles. The van der Waals surface area contributed by atoms with E-state index in [4.69, 9.17) is 11.6 Å². The van der Waals surface area contributed by atoms with Gasteiger partial charge in [0.25, 0.3) is 5.91 Å². The van der Waals surface area contributed by atoms with Crippen LogP contribution in [0.15, 0.2) is 36.5 Å². The zero-order valence-electron chi connectivity index (χ0n) is 15.8. The number of anilines is 2. The fourth-order valence-electron chi connectivity index (χ4n) is 2.88. The maximum atomic E-state index is 14.4. The third-order valence-electron chi connectivity index (χ3n) is 4.34. The van der Waals surface area contributed by atoms with Crippen molar-refractivity contribution in [1.29, 1.82) is 0 Å². The first-order valence-corrected chi connectivity index (χ1v) is 9.10. The van der Waals surface area contributed by atoms with Gasteiger partial charge >= 0.3 is 0 Å². The molecule has 0 spiro atoms. The number of carbonyl (C=O) groups is 1. The summed E-state index contributed by atoms with van der Waals surface area (Å²) in [6.45, 7) is 6.81. The number of aromatic nitrogens is 2. The van der Waals surface area contributed by atoms with Crippen molar-refractivity contribution in [2.75, 3.05) is 18.4 Å². The molecule has 0 atom stereocenters. The lowest BCUT2D eigenvalue weighted by atomic mass is 10.1. The summed E-state index contributed by atoms with van der Waals surface area (Å²) in [5, 5.41) is 4.00. The maximum absolute atomic E-state index is 14.4. The van der Waals surface area contributed by atoms with E-state index in [1.165, 1.54) is 18.3 Å². The quantitative estimate of drug-likeness (QED) is 0.599. The number of halogens is 3. The van der Waals surface area contributed by atoms with Crippen LogP contribution < -0.4 is 5.32 Å². The van der Waals surface area contributed by atoms with Gasteiger partial charge in [-0.2, -0.15) is 0 Å². The molecule has 0 fully saturated rings. The number of pyridine rings is 2. The predicted octanol–water partition coefficient (Wildman–Crippen LogP) is 5.38. The van der Waals surface area contributed by atoms with Crippen molar-refractivity contribution in [2.45, 2.75) is 20.8 Å². The number of aryl methyl sites for hydroxylation is 1. The van der Waals surface area contributed by atoms with Crippen LogP contribution in [0.3, 0.4) is 0 Å². The van der Waals surface area contributed by atoms with Gasteiger partial charge in [0.15, 0.2) is 5.65 Å². The smallest absolute Gasteiger partial charge is 0.257 e. The predicted molar refractivity (Wildman–Crippen MR) is 113 cm³/mol. The number of nitrogens with zero attached hydrogens (tertiary/aromatic N) is 3. The van der Waals surface area contributed by atoms with Gasteiger partial charge in [0, 0.05) is 35.4 Å². The fraction of sp³-hybridized carbons (Fsp3) is 0.250. The third kappa shape index (κ3) is 4.34. The molecule has 2 aromatic heterocycles. The van der Waals surface area contributed by atoms with Crippen molar-refractivity contribution in [3.05, 3.63) is 58.6 Å². The van der Waals surface area contributed by atoms with Crippen LogP contribution in [0.1, 0.15) is 29.9 Å². The van der Waals surface area contributed by atoms with Crippen molar-refractivity contribution in [2.24, 2.45) is 0 Å². The molecule has 0 radical (unpaired) electrons. The minimum atomic E-state index is -0.506. The van der Waals surface area contributed by atoms with E-state index in [2.05, 4.69) is 15.3 Å². The van der Waals surface area contributed by atoms with E-state index in [1.54, 1.807) is 11.0 Å². The lowest BCUT2D eigenvalue weighted by molar-refractivity contribution is 0.0773. The fourth-order valence-corrected chi connectivity index (χ4v) is 3.03. The van der Waals surface area contributed by atoms with Gasteiger partial charge in [0.05, 0.1) is 16.9 Å². The Hall–Kier alpha value is -2.44. The van der Waals surface area contributed by atoms with E-state index < -0.39 is 5.82 Å². The first kappa shape index (κ1) is 21.9. The highest BCUT2D eigenvalue weighted by atomic mass is 35.5. The Morgan fingerprint density at radius 3 is 2.57 bits per heavy atom. The van der Waals surface area contributed by atoms with Crippen molar-refractivity contribution in [3.8, 4) is 0 Å². The monoisotopic (exact) mass is 422 g/mol. The van der Waals surface area contributed by atoms with Crippen molar-refractivity contribution in [3.63, 3.8) is 0 Å². The Bertz CT molecular complexity index is 1010. The number of nitrogens with one attached hydrogen (secondary N) is 1. The SMILES string of the molecule is CCN(CC)C(=O)c1cnc2nc(C)ccc2c1Nc1ccc(Cl)cc1F.Cl. The van der Waals surface area contributed by atoms with E-state index in [1.807, 2.05) is 32.9 Å². The van der Waals surface area contributed by atoms with Gasteiger partial charge in [-0.1, -0.05) is 11.6 Å². The zero-order chi connectivity index (χ0) is 19.6. The molecule has 0 saturated carbocycles. The first-order chi connectivity index (χ1) is 12.9. The molecule has 0 aliphatic heterocycles. The number of carbonyl (C=O) groups excluding carboxylic acids is 1. The molecule has 3 rings (SSSR count). The highest BCUT2D eigenvalue weighted by Gasteiger charge is 2.21. The molecular weight excluding hydrogens is 402 g/mol. The van der Waals surface area contributed by atoms with Crippen molar-refractivity contribution in [1.82, 2.24) is 14.9 Å². The summed E-state index contributed by atoms with van der Waals surface area (Å²) in [5.41, 5.74) is 2.36. The number of hydrogen-bond donors (Lipinski definition) is 1. The molecule has 3 aromatic rings. The number of benzene rings is 1. The highest BCUT2D eigenvalue weighted by Crippen LogP contribution is 2.31. The van der Waals surface area contributed by atoms with Crippen LogP contribution in [-0.2, 0) is 0 Å². The second-order valence-corrected chi connectivity index (χ2v) is 6.53.